The highest BCUT2D eigenvalue weighted by Gasteiger charge is 2.30. The van der Waals surface area contributed by atoms with E-state index in [9.17, 15) is 4.79 Å². The number of nitrogens with one attached hydrogen (secondary N) is 2. The lowest BCUT2D eigenvalue weighted by molar-refractivity contribution is -0.125. The van der Waals surface area contributed by atoms with E-state index in [1.807, 2.05) is 32.9 Å². The zero-order valence-corrected chi connectivity index (χ0v) is 17.2. The van der Waals surface area contributed by atoms with Crippen molar-refractivity contribution >= 4 is 16.7 Å². The van der Waals surface area contributed by atoms with E-state index in [1.54, 1.807) is 0 Å². The molecule has 1 saturated heterocycles. The largest absolute Gasteiger partial charge is 0.378 e. The standard InChI is InChI=1S/C23H28N4O2/c1-15(19-9-8-18-6-4-5-7-20(18)12-19)24-22(28)13-27-10-11-29-14-21(27)23-16(2)25-26-17(23)3/h4-9,12,15,21H,10-11,13-14H2,1-3H3,(H,24,28)(H,25,26)/t15-,21+/m1/s1. The number of amides is 1. The number of rotatable bonds is 5. The third-order valence-corrected chi connectivity index (χ3v) is 5.76. The van der Waals surface area contributed by atoms with Gasteiger partial charge in [0.1, 0.15) is 0 Å². The van der Waals surface area contributed by atoms with Crippen LogP contribution in [0.2, 0.25) is 0 Å². The summed E-state index contributed by atoms with van der Waals surface area (Å²) in [6, 6.07) is 14.6. The minimum absolute atomic E-state index is 0.0244. The van der Waals surface area contributed by atoms with Crippen LogP contribution in [-0.2, 0) is 9.53 Å². The highest BCUT2D eigenvalue weighted by molar-refractivity contribution is 5.83. The van der Waals surface area contributed by atoms with Gasteiger partial charge in [0.15, 0.2) is 0 Å². The van der Waals surface area contributed by atoms with Crippen molar-refractivity contribution in [3.63, 3.8) is 0 Å². The van der Waals surface area contributed by atoms with Gasteiger partial charge in [-0.25, -0.2) is 0 Å². The SMILES string of the molecule is Cc1n[nH]c(C)c1[C@@H]1COCCN1CC(=O)N[C@H](C)c1ccc2ccccc2c1. The first kappa shape index (κ1) is 19.6. The van der Waals surface area contributed by atoms with Gasteiger partial charge in [0.05, 0.1) is 37.5 Å². The molecule has 1 aliphatic rings. The topological polar surface area (TPSA) is 70.2 Å². The van der Waals surface area contributed by atoms with Crippen LogP contribution < -0.4 is 5.32 Å². The van der Waals surface area contributed by atoms with E-state index in [0.717, 1.165) is 29.1 Å². The molecular formula is C23H28N4O2. The molecule has 0 radical (unpaired) electrons. The number of fused-ring (bicyclic) bond motifs is 1. The monoisotopic (exact) mass is 392 g/mol. The van der Waals surface area contributed by atoms with Crippen LogP contribution in [0.25, 0.3) is 10.8 Å². The Morgan fingerprint density at radius 1 is 1.28 bits per heavy atom. The lowest BCUT2D eigenvalue weighted by atomic mass is 10.0. The fourth-order valence-corrected chi connectivity index (χ4v) is 4.18. The molecule has 2 heterocycles. The van der Waals surface area contributed by atoms with Crippen LogP contribution in [0, 0.1) is 13.8 Å². The zero-order chi connectivity index (χ0) is 20.4. The summed E-state index contributed by atoms with van der Waals surface area (Å²) < 4.78 is 5.70. The molecule has 1 fully saturated rings. The first-order valence-electron chi connectivity index (χ1n) is 10.1. The smallest absolute Gasteiger partial charge is 0.234 e. The Balaban J connectivity index is 1.44. The minimum Gasteiger partial charge on any atom is -0.378 e. The van der Waals surface area contributed by atoms with E-state index in [2.05, 4.69) is 50.7 Å². The van der Waals surface area contributed by atoms with Crippen molar-refractivity contribution in [2.45, 2.75) is 32.9 Å². The molecule has 0 unspecified atom stereocenters. The van der Waals surface area contributed by atoms with Crippen LogP contribution in [0.5, 0.6) is 0 Å². The molecule has 2 atom stereocenters. The van der Waals surface area contributed by atoms with E-state index < -0.39 is 0 Å². The van der Waals surface area contributed by atoms with Crippen LogP contribution in [0.15, 0.2) is 42.5 Å². The van der Waals surface area contributed by atoms with Gasteiger partial charge in [0, 0.05) is 17.8 Å². The van der Waals surface area contributed by atoms with Gasteiger partial charge in [-0.2, -0.15) is 5.10 Å². The van der Waals surface area contributed by atoms with Crippen LogP contribution in [0.4, 0.5) is 0 Å². The minimum atomic E-state index is -0.0519. The summed E-state index contributed by atoms with van der Waals surface area (Å²) in [6.07, 6.45) is 0. The van der Waals surface area contributed by atoms with Gasteiger partial charge in [-0.15, -0.1) is 0 Å². The van der Waals surface area contributed by atoms with Gasteiger partial charge >= 0.3 is 0 Å². The van der Waals surface area contributed by atoms with Crippen LogP contribution in [0.3, 0.4) is 0 Å². The fraction of sp³-hybridized carbons (Fsp3) is 0.391. The maximum atomic E-state index is 12.8. The van der Waals surface area contributed by atoms with Crippen molar-refractivity contribution in [1.29, 1.82) is 0 Å². The average molecular weight is 393 g/mol. The Hall–Kier alpha value is -2.70. The normalized spacial score (nSPS) is 18.7. The van der Waals surface area contributed by atoms with Gasteiger partial charge < -0.3 is 10.1 Å². The van der Waals surface area contributed by atoms with Gasteiger partial charge in [0.25, 0.3) is 0 Å². The van der Waals surface area contributed by atoms with E-state index >= 15 is 0 Å². The molecule has 6 heteroatoms. The van der Waals surface area contributed by atoms with Crippen molar-refractivity contribution in [2.75, 3.05) is 26.3 Å². The predicted molar refractivity (Wildman–Crippen MR) is 114 cm³/mol. The summed E-state index contributed by atoms with van der Waals surface area (Å²) in [4.78, 5) is 15.0. The highest BCUT2D eigenvalue weighted by Crippen LogP contribution is 2.28. The molecule has 1 aromatic heterocycles. The number of carbonyl (C=O) groups excluding carboxylic acids is 1. The molecule has 4 rings (SSSR count). The Morgan fingerprint density at radius 3 is 2.83 bits per heavy atom. The summed E-state index contributed by atoms with van der Waals surface area (Å²) >= 11 is 0. The first-order chi connectivity index (χ1) is 14.0. The number of morpholine rings is 1. The lowest BCUT2D eigenvalue weighted by Crippen LogP contribution is -2.45. The summed E-state index contributed by atoms with van der Waals surface area (Å²) in [5.41, 5.74) is 4.25. The summed E-state index contributed by atoms with van der Waals surface area (Å²) in [5, 5.41) is 12.9. The number of aromatic amines is 1. The molecule has 2 aromatic carbocycles. The van der Waals surface area contributed by atoms with E-state index in [-0.39, 0.29) is 18.0 Å². The number of nitrogens with zero attached hydrogens (tertiary/aromatic N) is 2. The second kappa shape index (κ2) is 8.35. The third-order valence-electron chi connectivity index (χ3n) is 5.76. The molecule has 152 valence electrons. The highest BCUT2D eigenvalue weighted by atomic mass is 16.5. The molecule has 0 aliphatic carbocycles. The number of hydrogen-bond acceptors (Lipinski definition) is 4. The van der Waals surface area contributed by atoms with E-state index in [4.69, 9.17) is 4.74 Å². The van der Waals surface area contributed by atoms with Crippen LogP contribution in [0.1, 0.15) is 41.5 Å². The molecule has 0 bridgehead atoms. The van der Waals surface area contributed by atoms with Crippen LogP contribution in [-0.4, -0.2) is 47.3 Å². The molecule has 0 spiro atoms. The Morgan fingerprint density at radius 2 is 2.07 bits per heavy atom. The molecule has 0 saturated carbocycles. The fourth-order valence-electron chi connectivity index (χ4n) is 4.18. The maximum absolute atomic E-state index is 12.8. The average Bonchev–Trinajstić information content (AvgIpc) is 3.06. The Labute approximate surface area is 171 Å². The number of benzene rings is 2. The van der Waals surface area contributed by atoms with Gasteiger partial charge in [0.2, 0.25) is 5.91 Å². The molecule has 1 aliphatic heterocycles. The number of aromatic nitrogens is 2. The van der Waals surface area contributed by atoms with Crippen molar-refractivity contribution in [3.8, 4) is 0 Å². The molecular weight excluding hydrogens is 364 g/mol. The predicted octanol–water partition coefficient (Wildman–Crippen LogP) is 3.43. The second-order valence-corrected chi connectivity index (χ2v) is 7.80. The first-order valence-corrected chi connectivity index (χ1v) is 10.1. The summed E-state index contributed by atoms with van der Waals surface area (Å²) in [5.74, 6) is 0.0244. The zero-order valence-electron chi connectivity index (χ0n) is 17.2. The number of hydrogen-bond donors (Lipinski definition) is 2. The number of ether oxygens (including phenoxy) is 1. The number of aryl methyl sites for hydroxylation is 2. The van der Waals surface area contributed by atoms with E-state index in [1.165, 1.54) is 10.8 Å². The molecule has 2 N–H and O–H groups in total. The summed E-state index contributed by atoms with van der Waals surface area (Å²) in [6.45, 7) is 8.33. The number of carbonyl (C=O) groups is 1. The quantitative estimate of drug-likeness (QED) is 0.698. The van der Waals surface area contributed by atoms with Gasteiger partial charge in [-0.05, 0) is 43.2 Å². The van der Waals surface area contributed by atoms with Crippen LogP contribution >= 0.6 is 0 Å². The second-order valence-electron chi connectivity index (χ2n) is 7.80. The maximum Gasteiger partial charge on any atom is 0.234 e. The van der Waals surface area contributed by atoms with Crippen molar-refractivity contribution in [2.24, 2.45) is 0 Å². The summed E-state index contributed by atoms with van der Waals surface area (Å²) in [7, 11) is 0. The van der Waals surface area contributed by atoms with Crippen molar-refractivity contribution < 1.29 is 9.53 Å². The Bertz CT molecular complexity index is 994. The molecule has 3 aromatic rings. The molecule has 1 amide bonds. The molecule has 6 nitrogen and oxygen atoms in total. The Kier molecular flexibility index (Phi) is 5.65. The van der Waals surface area contributed by atoms with Crippen molar-refractivity contribution in [1.82, 2.24) is 20.4 Å². The molecule has 29 heavy (non-hydrogen) atoms. The van der Waals surface area contributed by atoms with Crippen molar-refractivity contribution in [3.05, 3.63) is 65.0 Å². The van der Waals surface area contributed by atoms with E-state index in [0.29, 0.717) is 19.8 Å². The third kappa shape index (κ3) is 4.18. The van der Waals surface area contributed by atoms with Gasteiger partial charge in [-0.3, -0.25) is 14.8 Å². The van der Waals surface area contributed by atoms with Gasteiger partial charge in [-0.1, -0.05) is 36.4 Å². The lowest BCUT2D eigenvalue weighted by Gasteiger charge is -2.35. The number of H-pyrrole nitrogens is 1.